The molecule has 112 valence electrons. The molecule has 1 fully saturated rings. The Balaban J connectivity index is 1.90. The zero-order valence-electron chi connectivity index (χ0n) is 12.2. The number of hydrogen-bond donors (Lipinski definition) is 1. The Morgan fingerprint density at radius 3 is 2.57 bits per heavy atom. The molecule has 1 N–H and O–H groups in total. The molecular weight excluding hydrogens is 270 g/mol. The van der Waals surface area contributed by atoms with Gasteiger partial charge in [-0.25, -0.2) is 0 Å². The van der Waals surface area contributed by atoms with Crippen LogP contribution in [0.2, 0.25) is 0 Å². The Morgan fingerprint density at radius 1 is 1.24 bits per heavy atom. The van der Waals surface area contributed by atoms with Crippen LogP contribution in [-0.4, -0.2) is 60.2 Å². The zero-order valence-corrected chi connectivity index (χ0v) is 12.2. The highest BCUT2D eigenvalue weighted by molar-refractivity contribution is 5.97. The maximum Gasteiger partial charge on any atom is 0.251 e. The molecule has 0 bridgehead atoms. The van der Waals surface area contributed by atoms with Crippen LogP contribution in [0.5, 0.6) is 0 Å². The molecule has 21 heavy (non-hydrogen) atoms. The van der Waals surface area contributed by atoms with Gasteiger partial charge in [0.2, 0.25) is 11.8 Å². The van der Waals surface area contributed by atoms with E-state index in [2.05, 4.69) is 5.32 Å². The molecule has 1 atom stereocenters. The van der Waals surface area contributed by atoms with Gasteiger partial charge in [0, 0.05) is 25.7 Å². The Hall–Kier alpha value is -2.37. The summed E-state index contributed by atoms with van der Waals surface area (Å²) < 4.78 is 0. The van der Waals surface area contributed by atoms with Crippen molar-refractivity contribution < 1.29 is 14.4 Å². The van der Waals surface area contributed by atoms with Gasteiger partial charge >= 0.3 is 0 Å². The fourth-order valence-corrected chi connectivity index (χ4v) is 2.30. The molecule has 1 aliphatic heterocycles. The van der Waals surface area contributed by atoms with Crippen LogP contribution in [0.15, 0.2) is 30.3 Å². The molecule has 2 rings (SSSR count). The zero-order chi connectivity index (χ0) is 15.4. The Morgan fingerprint density at radius 2 is 1.90 bits per heavy atom. The molecular formula is C15H19N3O3. The molecule has 0 spiro atoms. The van der Waals surface area contributed by atoms with E-state index in [-0.39, 0.29) is 24.3 Å². The number of piperazine rings is 1. The highest BCUT2D eigenvalue weighted by Gasteiger charge is 2.32. The number of benzene rings is 1. The summed E-state index contributed by atoms with van der Waals surface area (Å²) in [7, 11) is 1.72. The van der Waals surface area contributed by atoms with E-state index in [0.29, 0.717) is 18.7 Å². The van der Waals surface area contributed by atoms with E-state index < -0.39 is 6.04 Å². The fraction of sp³-hybridized carbons (Fsp3) is 0.400. The predicted molar refractivity (Wildman–Crippen MR) is 77.6 cm³/mol. The number of amides is 3. The van der Waals surface area contributed by atoms with Crippen LogP contribution in [0.4, 0.5) is 0 Å². The van der Waals surface area contributed by atoms with Crippen LogP contribution in [0, 0.1) is 0 Å². The molecule has 0 aromatic heterocycles. The largest absolute Gasteiger partial charge is 0.343 e. The second kappa shape index (κ2) is 6.39. The number of carbonyl (C=O) groups is 3. The standard InChI is InChI=1S/C15H19N3O3/c1-11-15(21)17(2)8-9-18(11)13(19)10-16-14(20)12-6-4-3-5-7-12/h3-7,11H,8-10H2,1-2H3,(H,16,20). The van der Waals surface area contributed by atoms with Gasteiger partial charge in [0.25, 0.3) is 5.91 Å². The third-order valence-electron chi connectivity index (χ3n) is 3.63. The maximum absolute atomic E-state index is 12.1. The lowest BCUT2D eigenvalue weighted by molar-refractivity contribution is -0.148. The monoisotopic (exact) mass is 289 g/mol. The SMILES string of the molecule is CC1C(=O)N(C)CCN1C(=O)CNC(=O)c1ccccc1. The molecule has 6 nitrogen and oxygen atoms in total. The first-order valence-electron chi connectivity index (χ1n) is 6.88. The van der Waals surface area contributed by atoms with Crippen molar-refractivity contribution in [3.05, 3.63) is 35.9 Å². The predicted octanol–water partition coefficient (Wildman–Crippen LogP) is 0.106. The normalized spacial score (nSPS) is 18.6. The van der Waals surface area contributed by atoms with Crippen molar-refractivity contribution in [2.45, 2.75) is 13.0 Å². The van der Waals surface area contributed by atoms with E-state index in [0.717, 1.165) is 0 Å². The van der Waals surface area contributed by atoms with Gasteiger partial charge < -0.3 is 15.1 Å². The van der Waals surface area contributed by atoms with Gasteiger partial charge in [-0.05, 0) is 19.1 Å². The highest BCUT2D eigenvalue weighted by atomic mass is 16.2. The second-order valence-electron chi connectivity index (χ2n) is 5.07. The molecule has 0 saturated carbocycles. The molecule has 1 heterocycles. The van der Waals surface area contributed by atoms with E-state index in [4.69, 9.17) is 0 Å². The van der Waals surface area contributed by atoms with Crippen LogP contribution in [0.25, 0.3) is 0 Å². The van der Waals surface area contributed by atoms with E-state index in [1.165, 1.54) is 4.90 Å². The average Bonchev–Trinajstić information content (AvgIpc) is 2.51. The van der Waals surface area contributed by atoms with Crippen molar-refractivity contribution in [3.63, 3.8) is 0 Å². The number of hydrogen-bond acceptors (Lipinski definition) is 3. The summed E-state index contributed by atoms with van der Waals surface area (Å²) in [6, 6.07) is 8.23. The number of rotatable bonds is 3. The first-order chi connectivity index (χ1) is 10.0. The minimum atomic E-state index is -0.482. The lowest BCUT2D eigenvalue weighted by atomic mass is 10.2. The van der Waals surface area contributed by atoms with Crippen molar-refractivity contribution in [1.29, 1.82) is 0 Å². The van der Waals surface area contributed by atoms with Crippen LogP contribution in [-0.2, 0) is 9.59 Å². The number of carbonyl (C=O) groups excluding carboxylic acids is 3. The lowest BCUT2D eigenvalue weighted by Crippen LogP contribution is -2.57. The van der Waals surface area contributed by atoms with Gasteiger partial charge in [-0.15, -0.1) is 0 Å². The first kappa shape index (κ1) is 15.0. The van der Waals surface area contributed by atoms with Crippen molar-refractivity contribution >= 4 is 17.7 Å². The van der Waals surface area contributed by atoms with Crippen molar-refractivity contribution in [2.24, 2.45) is 0 Å². The molecule has 1 aliphatic rings. The number of likely N-dealkylation sites (N-methyl/N-ethyl adjacent to an activating group) is 1. The number of nitrogens with zero attached hydrogens (tertiary/aromatic N) is 2. The van der Waals surface area contributed by atoms with Gasteiger partial charge in [0.05, 0.1) is 6.54 Å². The van der Waals surface area contributed by atoms with Crippen LogP contribution < -0.4 is 5.32 Å². The topological polar surface area (TPSA) is 69.7 Å². The molecule has 0 aliphatic carbocycles. The average molecular weight is 289 g/mol. The van der Waals surface area contributed by atoms with Gasteiger partial charge in [-0.2, -0.15) is 0 Å². The summed E-state index contributed by atoms with van der Waals surface area (Å²) in [5, 5.41) is 2.59. The quantitative estimate of drug-likeness (QED) is 0.858. The Labute approximate surface area is 123 Å². The molecule has 3 amide bonds. The summed E-state index contributed by atoms with van der Waals surface area (Å²) in [6.45, 7) is 2.61. The van der Waals surface area contributed by atoms with Gasteiger partial charge in [0.1, 0.15) is 6.04 Å². The van der Waals surface area contributed by atoms with Gasteiger partial charge in [0.15, 0.2) is 0 Å². The van der Waals surface area contributed by atoms with Gasteiger partial charge in [-0.3, -0.25) is 14.4 Å². The smallest absolute Gasteiger partial charge is 0.251 e. The molecule has 1 aromatic carbocycles. The Bertz CT molecular complexity index is 544. The summed E-state index contributed by atoms with van der Waals surface area (Å²) in [5.41, 5.74) is 0.507. The Kier molecular flexibility index (Phi) is 4.57. The van der Waals surface area contributed by atoms with Crippen molar-refractivity contribution in [3.8, 4) is 0 Å². The van der Waals surface area contributed by atoms with Crippen molar-refractivity contribution in [1.82, 2.24) is 15.1 Å². The van der Waals surface area contributed by atoms with E-state index in [1.54, 1.807) is 43.1 Å². The molecule has 6 heteroatoms. The van der Waals surface area contributed by atoms with E-state index >= 15 is 0 Å². The maximum atomic E-state index is 12.1. The van der Waals surface area contributed by atoms with Gasteiger partial charge in [-0.1, -0.05) is 18.2 Å². The highest BCUT2D eigenvalue weighted by Crippen LogP contribution is 2.09. The minimum absolute atomic E-state index is 0.0796. The fourth-order valence-electron chi connectivity index (χ4n) is 2.30. The summed E-state index contributed by atoms with van der Waals surface area (Å²) >= 11 is 0. The molecule has 1 saturated heterocycles. The molecule has 1 aromatic rings. The summed E-state index contributed by atoms with van der Waals surface area (Å²) in [6.07, 6.45) is 0. The summed E-state index contributed by atoms with van der Waals surface area (Å²) in [5.74, 6) is -0.616. The lowest BCUT2D eigenvalue weighted by Gasteiger charge is -2.37. The second-order valence-corrected chi connectivity index (χ2v) is 5.07. The number of nitrogens with one attached hydrogen (secondary N) is 1. The first-order valence-corrected chi connectivity index (χ1v) is 6.88. The third kappa shape index (κ3) is 3.39. The van der Waals surface area contributed by atoms with Crippen LogP contribution in [0.1, 0.15) is 17.3 Å². The van der Waals surface area contributed by atoms with E-state index in [9.17, 15) is 14.4 Å². The molecule has 0 radical (unpaired) electrons. The van der Waals surface area contributed by atoms with Crippen molar-refractivity contribution in [2.75, 3.05) is 26.7 Å². The third-order valence-corrected chi connectivity index (χ3v) is 3.63. The molecule has 1 unspecified atom stereocenters. The minimum Gasteiger partial charge on any atom is -0.343 e. The van der Waals surface area contributed by atoms with E-state index in [1.807, 2.05) is 6.07 Å². The van der Waals surface area contributed by atoms with Crippen LogP contribution in [0.3, 0.4) is 0 Å². The summed E-state index contributed by atoms with van der Waals surface area (Å²) in [4.78, 5) is 39.0. The van der Waals surface area contributed by atoms with Crippen LogP contribution >= 0.6 is 0 Å².